The first-order valence-corrected chi connectivity index (χ1v) is 10.9. The summed E-state index contributed by atoms with van der Waals surface area (Å²) in [6, 6.07) is 15.4. The van der Waals surface area contributed by atoms with Crippen molar-refractivity contribution in [1.29, 1.82) is 0 Å². The van der Waals surface area contributed by atoms with Crippen LogP contribution < -0.4 is 14.4 Å². The fraction of sp³-hybridized carbons (Fsp3) is 0.190. The minimum Gasteiger partial charge on any atom is -0.484 e. The van der Waals surface area contributed by atoms with Gasteiger partial charge >= 0.3 is 0 Å². The molecular weight excluding hydrogens is 411 g/mol. The van der Waals surface area contributed by atoms with Crippen LogP contribution in [0.1, 0.15) is 11.3 Å². The van der Waals surface area contributed by atoms with E-state index in [2.05, 4.69) is 5.32 Å². The number of carbonyl (C=O) groups excluding carboxylic acids is 1. The van der Waals surface area contributed by atoms with Crippen molar-refractivity contribution >= 4 is 21.6 Å². The topological polar surface area (TPSA) is 88.8 Å². The predicted molar refractivity (Wildman–Crippen MR) is 110 cm³/mol. The first kappa shape index (κ1) is 21.4. The highest BCUT2D eigenvalue weighted by molar-refractivity contribution is 7.92. The van der Waals surface area contributed by atoms with E-state index in [0.717, 1.165) is 6.26 Å². The molecule has 0 atom stereocenters. The number of carbonyl (C=O) groups is 1. The van der Waals surface area contributed by atoms with Crippen molar-refractivity contribution in [3.63, 3.8) is 0 Å². The Kier molecular flexibility index (Phi) is 6.73. The van der Waals surface area contributed by atoms with Gasteiger partial charge in [0.25, 0.3) is 5.91 Å². The van der Waals surface area contributed by atoms with Crippen LogP contribution in [-0.4, -0.2) is 27.2 Å². The number of furan rings is 1. The van der Waals surface area contributed by atoms with Crippen molar-refractivity contribution in [2.24, 2.45) is 0 Å². The number of nitrogens with zero attached hydrogens (tertiary/aromatic N) is 1. The van der Waals surface area contributed by atoms with Gasteiger partial charge in [0.15, 0.2) is 6.61 Å². The second kappa shape index (κ2) is 9.45. The van der Waals surface area contributed by atoms with Gasteiger partial charge in [-0.15, -0.1) is 0 Å². The van der Waals surface area contributed by atoms with Gasteiger partial charge in [-0.2, -0.15) is 0 Å². The Labute approximate surface area is 174 Å². The Morgan fingerprint density at radius 2 is 1.80 bits per heavy atom. The Hall–Kier alpha value is -3.33. The SMILES string of the molecule is CS(=O)(=O)N(Cc1ccc(F)cc1)c1ccc(OCC(=O)NCc2ccco2)cc1. The standard InChI is InChI=1S/C21H21FN2O5S/c1-30(26,27)24(14-16-4-6-17(22)7-5-16)18-8-10-19(11-9-18)29-15-21(25)23-13-20-3-2-12-28-20/h2-12H,13-15H2,1H3,(H,23,25). The normalized spacial score (nSPS) is 11.1. The number of halogens is 1. The summed E-state index contributed by atoms with van der Waals surface area (Å²) in [5.41, 5.74) is 1.08. The molecule has 0 saturated carbocycles. The van der Waals surface area contributed by atoms with Crippen LogP contribution in [0.15, 0.2) is 71.3 Å². The summed E-state index contributed by atoms with van der Waals surface area (Å²) in [5, 5.41) is 2.66. The molecule has 0 spiro atoms. The van der Waals surface area contributed by atoms with E-state index in [4.69, 9.17) is 9.15 Å². The zero-order valence-electron chi connectivity index (χ0n) is 16.2. The van der Waals surface area contributed by atoms with E-state index < -0.39 is 10.0 Å². The molecule has 0 aliphatic heterocycles. The van der Waals surface area contributed by atoms with Crippen LogP contribution in [0.3, 0.4) is 0 Å². The lowest BCUT2D eigenvalue weighted by Crippen LogP contribution is -2.29. The molecule has 1 N–H and O–H groups in total. The van der Waals surface area contributed by atoms with E-state index in [1.165, 1.54) is 34.8 Å². The molecule has 0 bridgehead atoms. The molecule has 30 heavy (non-hydrogen) atoms. The third-order valence-corrected chi connectivity index (χ3v) is 5.31. The van der Waals surface area contributed by atoms with Gasteiger partial charge in [0.1, 0.15) is 17.3 Å². The first-order chi connectivity index (χ1) is 14.3. The maximum Gasteiger partial charge on any atom is 0.258 e. The van der Waals surface area contributed by atoms with E-state index >= 15 is 0 Å². The summed E-state index contributed by atoms with van der Waals surface area (Å²) < 4.78 is 49.3. The number of anilines is 1. The maximum atomic E-state index is 13.1. The Balaban J connectivity index is 1.60. The second-order valence-electron chi connectivity index (χ2n) is 6.53. The van der Waals surface area contributed by atoms with Crippen LogP contribution in [0.2, 0.25) is 0 Å². The number of hydrogen-bond acceptors (Lipinski definition) is 5. The molecule has 1 heterocycles. The average Bonchev–Trinajstić information content (AvgIpc) is 3.23. The highest BCUT2D eigenvalue weighted by Crippen LogP contribution is 2.24. The molecule has 3 rings (SSSR count). The number of hydrogen-bond donors (Lipinski definition) is 1. The second-order valence-corrected chi connectivity index (χ2v) is 8.44. The van der Waals surface area contributed by atoms with Gasteiger partial charge in [0, 0.05) is 0 Å². The van der Waals surface area contributed by atoms with Crippen molar-refractivity contribution in [3.8, 4) is 5.75 Å². The monoisotopic (exact) mass is 432 g/mol. The largest absolute Gasteiger partial charge is 0.484 e. The first-order valence-electron chi connectivity index (χ1n) is 9.05. The fourth-order valence-corrected chi connectivity index (χ4v) is 3.55. The van der Waals surface area contributed by atoms with E-state index in [1.54, 1.807) is 36.4 Å². The number of benzene rings is 2. The zero-order chi connectivity index (χ0) is 21.6. The van der Waals surface area contributed by atoms with Crippen molar-refractivity contribution in [3.05, 3.63) is 84.1 Å². The summed E-state index contributed by atoms with van der Waals surface area (Å²) in [4.78, 5) is 11.9. The summed E-state index contributed by atoms with van der Waals surface area (Å²) in [7, 11) is -3.57. The lowest BCUT2D eigenvalue weighted by Gasteiger charge is -2.22. The minimum absolute atomic E-state index is 0.0640. The molecule has 2 aromatic carbocycles. The highest BCUT2D eigenvalue weighted by atomic mass is 32.2. The van der Waals surface area contributed by atoms with Crippen molar-refractivity contribution in [1.82, 2.24) is 5.32 Å². The van der Waals surface area contributed by atoms with Crippen LogP contribution in [0, 0.1) is 5.82 Å². The van der Waals surface area contributed by atoms with Crippen molar-refractivity contribution < 1.29 is 26.8 Å². The lowest BCUT2D eigenvalue weighted by atomic mass is 10.2. The van der Waals surface area contributed by atoms with Gasteiger partial charge in [0.2, 0.25) is 10.0 Å². The average molecular weight is 432 g/mol. The Morgan fingerprint density at radius 1 is 1.10 bits per heavy atom. The van der Waals surface area contributed by atoms with Gasteiger partial charge in [0.05, 0.1) is 31.3 Å². The maximum absolute atomic E-state index is 13.1. The van der Waals surface area contributed by atoms with Crippen LogP contribution in [0.4, 0.5) is 10.1 Å². The molecule has 0 saturated heterocycles. The number of ether oxygens (including phenoxy) is 1. The Bertz CT molecular complexity index is 1070. The van der Waals surface area contributed by atoms with Crippen LogP contribution in [0.5, 0.6) is 5.75 Å². The smallest absolute Gasteiger partial charge is 0.258 e. The summed E-state index contributed by atoms with van der Waals surface area (Å²) in [5.74, 6) is 0.348. The number of nitrogens with one attached hydrogen (secondary N) is 1. The third-order valence-electron chi connectivity index (χ3n) is 4.17. The fourth-order valence-electron chi connectivity index (χ4n) is 2.66. The van der Waals surface area contributed by atoms with Gasteiger partial charge in [-0.25, -0.2) is 12.8 Å². The Morgan fingerprint density at radius 3 is 2.40 bits per heavy atom. The molecule has 1 amide bonds. The quantitative estimate of drug-likeness (QED) is 0.561. The van der Waals surface area contributed by atoms with Gasteiger partial charge in [-0.1, -0.05) is 12.1 Å². The molecule has 0 aliphatic carbocycles. The lowest BCUT2D eigenvalue weighted by molar-refractivity contribution is -0.123. The van der Waals surface area contributed by atoms with Gasteiger partial charge in [-0.05, 0) is 54.1 Å². The molecular formula is C21H21FN2O5S. The summed E-state index contributed by atoms with van der Waals surface area (Å²) >= 11 is 0. The molecule has 0 fully saturated rings. The predicted octanol–water partition coefficient (Wildman–Crippen LogP) is 3.08. The van der Waals surface area contributed by atoms with E-state index in [1.807, 2.05) is 0 Å². The molecule has 3 aromatic rings. The van der Waals surface area contributed by atoms with Gasteiger partial charge in [-0.3, -0.25) is 9.10 Å². The molecule has 9 heteroatoms. The van der Waals surface area contributed by atoms with Crippen LogP contribution >= 0.6 is 0 Å². The number of sulfonamides is 1. The van der Waals surface area contributed by atoms with E-state index in [0.29, 0.717) is 22.8 Å². The highest BCUT2D eigenvalue weighted by Gasteiger charge is 2.18. The minimum atomic E-state index is -3.57. The summed E-state index contributed by atoms with van der Waals surface area (Å²) in [6.45, 7) is 0.140. The molecule has 158 valence electrons. The van der Waals surface area contributed by atoms with Crippen molar-refractivity contribution in [2.75, 3.05) is 17.2 Å². The molecule has 7 nitrogen and oxygen atoms in total. The van der Waals surface area contributed by atoms with Crippen molar-refractivity contribution in [2.45, 2.75) is 13.1 Å². The summed E-state index contributed by atoms with van der Waals surface area (Å²) in [6.07, 6.45) is 2.62. The van der Waals surface area contributed by atoms with E-state index in [9.17, 15) is 17.6 Å². The number of amides is 1. The molecule has 0 aliphatic rings. The zero-order valence-corrected chi connectivity index (χ0v) is 17.1. The molecule has 0 radical (unpaired) electrons. The molecule has 1 aromatic heterocycles. The van der Waals surface area contributed by atoms with Crippen LogP contribution in [0.25, 0.3) is 0 Å². The number of rotatable bonds is 9. The third kappa shape index (κ3) is 6.08. The van der Waals surface area contributed by atoms with E-state index in [-0.39, 0.29) is 31.4 Å². The van der Waals surface area contributed by atoms with Gasteiger partial charge < -0.3 is 14.5 Å². The van der Waals surface area contributed by atoms with Crippen LogP contribution in [-0.2, 0) is 27.9 Å². The molecule has 0 unspecified atom stereocenters.